The van der Waals surface area contributed by atoms with Gasteiger partial charge in [0.05, 0.1) is 22.8 Å². The first-order chi connectivity index (χ1) is 9.47. The lowest BCUT2D eigenvalue weighted by Gasteiger charge is -1.97. The van der Waals surface area contributed by atoms with E-state index in [1.54, 1.807) is 6.07 Å². The molecule has 0 fully saturated rings. The molecule has 0 atom stereocenters. The molecule has 0 spiro atoms. The first-order valence-electron chi connectivity index (χ1n) is 6.05. The van der Waals surface area contributed by atoms with E-state index in [9.17, 15) is 4.39 Å². The van der Waals surface area contributed by atoms with Crippen molar-refractivity contribution in [3.05, 3.63) is 40.7 Å². The molecule has 0 saturated heterocycles. The van der Waals surface area contributed by atoms with Gasteiger partial charge in [-0.05, 0) is 26.0 Å². The zero-order valence-corrected chi connectivity index (χ0v) is 12.1. The Labute approximate surface area is 120 Å². The quantitative estimate of drug-likeness (QED) is 0.671. The van der Waals surface area contributed by atoms with Crippen LogP contribution in [0, 0.1) is 18.2 Å². The van der Waals surface area contributed by atoms with Crippen molar-refractivity contribution in [3.63, 3.8) is 0 Å². The summed E-state index contributed by atoms with van der Waals surface area (Å²) in [5.74, 6) is -0.254. The molecule has 0 amide bonds. The van der Waals surface area contributed by atoms with Crippen molar-refractivity contribution >= 4 is 22.9 Å². The number of thiazole rings is 1. The second-order valence-electron chi connectivity index (χ2n) is 4.37. The normalized spacial score (nSPS) is 11.7. The summed E-state index contributed by atoms with van der Waals surface area (Å²) >= 11 is 1.46. The van der Waals surface area contributed by atoms with Crippen molar-refractivity contribution in [2.24, 2.45) is 10.7 Å². The van der Waals surface area contributed by atoms with E-state index in [-0.39, 0.29) is 18.2 Å². The van der Waals surface area contributed by atoms with Gasteiger partial charge in [0, 0.05) is 5.56 Å². The molecular formula is C14H15FN4S. The van der Waals surface area contributed by atoms with E-state index in [0.717, 1.165) is 26.9 Å². The Balaban J connectivity index is 2.34. The van der Waals surface area contributed by atoms with Gasteiger partial charge in [-0.15, -0.1) is 11.3 Å². The molecule has 0 bridgehead atoms. The van der Waals surface area contributed by atoms with Crippen LogP contribution in [0.2, 0.25) is 0 Å². The van der Waals surface area contributed by atoms with Crippen LogP contribution in [0.3, 0.4) is 0 Å². The van der Waals surface area contributed by atoms with E-state index in [0.29, 0.717) is 0 Å². The summed E-state index contributed by atoms with van der Waals surface area (Å²) in [6, 6.07) is 6.36. The molecule has 0 unspecified atom stereocenters. The van der Waals surface area contributed by atoms with Crippen molar-refractivity contribution in [2.75, 3.05) is 6.54 Å². The lowest BCUT2D eigenvalue weighted by atomic mass is 10.2. The average Bonchev–Trinajstić information content (AvgIpc) is 2.78. The highest BCUT2D eigenvalue weighted by Gasteiger charge is 2.12. The molecule has 2 aromatic rings. The van der Waals surface area contributed by atoms with E-state index in [2.05, 4.69) is 9.98 Å². The summed E-state index contributed by atoms with van der Waals surface area (Å²) in [7, 11) is 0. The standard InChI is InChI=1S/C14H15FN4S/c1-8(18-7-12(16)17)13-9(2)19-14(20-13)10-4-3-5-11(15)6-10/h3-6H,7H2,1-2H3,(H3,16,17). The number of amidine groups is 1. The highest BCUT2D eigenvalue weighted by molar-refractivity contribution is 7.17. The molecule has 1 heterocycles. The summed E-state index contributed by atoms with van der Waals surface area (Å²) in [4.78, 5) is 9.63. The van der Waals surface area contributed by atoms with Crippen LogP contribution < -0.4 is 5.73 Å². The van der Waals surface area contributed by atoms with Crippen LogP contribution in [0.4, 0.5) is 4.39 Å². The molecule has 1 aromatic carbocycles. The number of nitrogens with one attached hydrogen (secondary N) is 1. The zero-order valence-electron chi connectivity index (χ0n) is 11.3. The number of rotatable bonds is 4. The molecule has 0 aliphatic carbocycles. The number of nitrogens with two attached hydrogens (primary N) is 1. The van der Waals surface area contributed by atoms with Crippen LogP contribution in [-0.2, 0) is 0 Å². The maximum absolute atomic E-state index is 13.2. The molecular weight excluding hydrogens is 275 g/mol. The monoisotopic (exact) mass is 290 g/mol. The summed E-state index contributed by atoms with van der Waals surface area (Å²) in [5.41, 5.74) is 7.68. The van der Waals surface area contributed by atoms with Gasteiger partial charge in [0.2, 0.25) is 0 Å². The molecule has 3 N–H and O–H groups in total. The highest BCUT2D eigenvalue weighted by atomic mass is 32.1. The molecule has 4 nitrogen and oxygen atoms in total. The minimum atomic E-state index is -0.279. The van der Waals surface area contributed by atoms with Crippen LogP contribution >= 0.6 is 11.3 Å². The molecule has 2 rings (SSSR count). The van der Waals surface area contributed by atoms with Crippen molar-refractivity contribution < 1.29 is 4.39 Å². The Morgan fingerprint density at radius 1 is 1.50 bits per heavy atom. The third-order valence-electron chi connectivity index (χ3n) is 2.68. The summed E-state index contributed by atoms with van der Waals surface area (Å²) in [6.45, 7) is 3.93. The topological polar surface area (TPSA) is 75.1 Å². The Kier molecular flexibility index (Phi) is 4.24. The fourth-order valence-electron chi connectivity index (χ4n) is 1.75. The maximum atomic E-state index is 13.2. The zero-order chi connectivity index (χ0) is 14.7. The third-order valence-corrected chi connectivity index (χ3v) is 4.00. The van der Waals surface area contributed by atoms with Crippen molar-refractivity contribution in [1.82, 2.24) is 4.98 Å². The van der Waals surface area contributed by atoms with E-state index in [4.69, 9.17) is 11.1 Å². The second-order valence-corrected chi connectivity index (χ2v) is 5.37. The SMILES string of the molecule is CC(=NCC(=N)N)c1sc(-c2cccc(F)c2)nc1C. The molecule has 104 valence electrons. The van der Waals surface area contributed by atoms with Gasteiger partial charge in [0.25, 0.3) is 0 Å². The Hall–Kier alpha value is -2.08. The Morgan fingerprint density at radius 3 is 2.90 bits per heavy atom. The maximum Gasteiger partial charge on any atom is 0.124 e. The number of benzene rings is 1. The Morgan fingerprint density at radius 2 is 2.25 bits per heavy atom. The van der Waals surface area contributed by atoms with E-state index < -0.39 is 0 Å². The number of hydrogen-bond acceptors (Lipinski definition) is 4. The van der Waals surface area contributed by atoms with E-state index >= 15 is 0 Å². The molecule has 20 heavy (non-hydrogen) atoms. The number of aromatic nitrogens is 1. The lowest BCUT2D eigenvalue weighted by Crippen LogP contribution is -2.14. The molecule has 6 heteroatoms. The van der Waals surface area contributed by atoms with Gasteiger partial charge >= 0.3 is 0 Å². The third kappa shape index (κ3) is 3.27. The van der Waals surface area contributed by atoms with Crippen molar-refractivity contribution in [3.8, 4) is 10.6 Å². The number of nitrogens with zero attached hydrogens (tertiary/aromatic N) is 2. The minimum absolute atomic E-state index is 0.0249. The fraction of sp³-hybridized carbons (Fsp3) is 0.214. The summed E-state index contributed by atoms with van der Waals surface area (Å²) in [5, 5.41) is 7.94. The van der Waals surface area contributed by atoms with E-state index in [1.807, 2.05) is 19.9 Å². The largest absolute Gasteiger partial charge is 0.386 e. The van der Waals surface area contributed by atoms with Gasteiger partial charge < -0.3 is 5.73 Å². The van der Waals surface area contributed by atoms with Gasteiger partial charge in [0.1, 0.15) is 16.7 Å². The smallest absolute Gasteiger partial charge is 0.124 e. The first-order valence-corrected chi connectivity index (χ1v) is 6.86. The number of aryl methyl sites for hydroxylation is 1. The van der Waals surface area contributed by atoms with E-state index in [1.165, 1.54) is 23.5 Å². The second kappa shape index (κ2) is 5.92. The van der Waals surface area contributed by atoms with Crippen LogP contribution in [0.1, 0.15) is 17.5 Å². The average molecular weight is 290 g/mol. The van der Waals surface area contributed by atoms with Crippen LogP contribution in [-0.4, -0.2) is 23.1 Å². The molecule has 0 aliphatic rings. The number of hydrogen-bond donors (Lipinski definition) is 2. The van der Waals surface area contributed by atoms with Crippen LogP contribution in [0.5, 0.6) is 0 Å². The van der Waals surface area contributed by atoms with Gasteiger partial charge in [0.15, 0.2) is 0 Å². The molecule has 1 aromatic heterocycles. The molecule has 0 aliphatic heterocycles. The number of aliphatic imine (C=N–C) groups is 1. The predicted octanol–water partition coefficient (Wildman–Crippen LogP) is 3.00. The Bertz CT molecular complexity index is 676. The minimum Gasteiger partial charge on any atom is -0.386 e. The molecule has 0 radical (unpaired) electrons. The van der Waals surface area contributed by atoms with Crippen molar-refractivity contribution in [1.29, 1.82) is 5.41 Å². The fourth-order valence-corrected chi connectivity index (χ4v) is 2.78. The van der Waals surface area contributed by atoms with Crippen molar-refractivity contribution in [2.45, 2.75) is 13.8 Å². The molecule has 0 saturated carbocycles. The van der Waals surface area contributed by atoms with Gasteiger partial charge in [-0.1, -0.05) is 12.1 Å². The van der Waals surface area contributed by atoms with Gasteiger partial charge in [-0.3, -0.25) is 10.4 Å². The van der Waals surface area contributed by atoms with Crippen LogP contribution in [0.15, 0.2) is 29.3 Å². The summed E-state index contributed by atoms with van der Waals surface area (Å²) in [6.07, 6.45) is 0. The predicted molar refractivity (Wildman–Crippen MR) is 81.2 cm³/mol. The number of halogens is 1. The summed E-state index contributed by atoms with van der Waals surface area (Å²) < 4.78 is 13.2. The van der Waals surface area contributed by atoms with Gasteiger partial charge in [-0.2, -0.15) is 0 Å². The highest BCUT2D eigenvalue weighted by Crippen LogP contribution is 2.28. The lowest BCUT2D eigenvalue weighted by molar-refractivity contribution is 0.628. The first kappa shape index (κ1) is 14.3. The van der Waals surface area contributed by atoms with Crippen LogP contribution in [0.25, 0.3) is 10.6 Å². The van der Waals surface area contributed by atoms with Gasteiger partial charge in [-0.25, -0.2) is 9.37 Å².